The molecule has 0 aliphatic carbocycles. The molecule has 1 aliphatic rings. The standard InChI is InChI=1S/C15H26N4O2/c1-4-13(14-5-8-16-19(14)3)17-15(20)18(2)11-12-6-9-21-10-7-12/h5,8,12-13H,4,6-7,9-11H2,1-3H3,(H,17,20)/t13-/m1/s1. The highest BCUT2D eigenvalue weighted by Crippen LogP contribution is 2.18. The smallest absolute Gasteiger partial charge is 0.317 e. The normalized spacial score (nSPS) is 17.5. The van der Waals surface area contributed by atoms with Crippen molar-refractivity contribution in [3.63, 3.8) is 0 Å². The van der Waals surface area contributed by atoms with E-state index in [0.29, 0.717) is 5.92 Å². The van der Waals surface area contributed by atoms with Gasteiger partial charge < -0.3 is 15.0 Å². The minimum atomic E-state index is -0.0189. The molecule has 1 fully saturated rings. The van der Waals surface area contributed by atoms with E-state index in [2.05, 4.69) is 17.3 Å². The Balaban J connectivity index is 1.88. The molecule has 118 valence electrons. The lowest BCUT2D eigenvalue weighted by molar-refractivity contribution is 0.0584. The third-order valence-corrected chi connectivity index (χ3v) is 4.14. The zero-order valence-corrected chi connectivity index (χ0v) is 13.2. The van der Waals surface area contributed by atoms with Gasteiger partial charge in [0.1, 0.15) is 0 Å². The Morgan fingerprint density at radius 3 is 2.86 bits per heavy atom. The Kier molecular flexibility index (Phi) is 5.61. The van der Waals surface area contributed by atoms with Gasteiger partial charge in [0.05, 0.1) is 11.7 Å². The Morgan fingerprint density at radius 2 is 2.29 bits per heavy atom. The van der Waals surface area contributed by atoms with Crippen molar-refractivity contribution in [1.29, 1.82) is 0 Å². The molecule has 0 saturated carbocycles. The third kappa shape index (κ3) is 4.20. The van der Waals surface area contributed by atoms with Crippen molar-refractivity contribution in [1.82, 2.24) is 20.0 Å². The maximum Gasteiger partial charge on any atom is 0.317 e. The molecule has 1 aromatic heterocycles. The van der Waals surface area contributed by atoms with Gasteiger partial charge in [-0.3, -0.25) is 4.68 Å². The molecule has 6 heteroatoms. The van der Waals surface area contributed by atoms with Gasteiger partial charge in [-0.2, -0.15) is 5.10 Å². The summed E-state index contributed by atoms with van der Waals surface area (Å²) in [7, 11) is 3.76. The number of urea groups is 1. The van der Waals surface area contributed by atoms with Crippen molar-refractivity contribution in [2.24, 2.45) is 13.0 Å². The van der Waals surface area contributed by atoms with Gasteiger partial charge in [0.25, 0.3) is 0 Å². The molecule has 0 bridgehead atoms. The first-order valence-electron chi connectivity index (χ1n) is 7.69. The first-order chi connectivity index (χ1) is 10.1. The van der Waals surface area contributed by atoms with E-state index >= 15 is 0 Å². The molecular formula is C15H26N4O2. The van der Waals surface area contributed by atoms with Crippen LogP contribution in [0.25, 0.3) is 0 Å². The van der Waals surface area contributed by atoms with Crippen molar-refractivity contribution in [3.05, 3.63) is 18.0 Å². The van der Waals surface area contributed by atoms with Crippen molar-refractivity contribution in [3.8, 4) is 0 Å². The molecule has 1 atom stereocenters. The van der Waals surface area contributed by atoms with Crippen LogP contribution in [-0.4, -0.2) is 47.5 Å². The summed E-state index contributed by atoms with van der Waals surface area (Å²) in [6.07, 6.45) is 4.68. The van der Waals surface area contributed by atoms with Gasteiger partial charge in [-0.05, 0) is 31.2 Å². The number of aromatic nitrogens is 2. The van der Waals surface area contributed by atoms with Gasteiger partial charge in [0, 0.05) is 40.1 Å². The van der Waals surface area contributed by atoms with E-state index in [4.69, 9.17) is 4.74 Å². The van der Waals surface area contributed by atoms with Gasteiger partial charge >= 0.3 is 6.03 Å². The second-order valence-corrected chi connectivity index (χ2v) is 5.73. The van der Waals surface area contributed by atoms with Crippen LogP contribution in [0.5, 0.6) is 0 Å². The quantitative estimate of drug-likeness (QED) is 0.903. The minimum absolute atomic E-state index is 0.00198. The summed E-state index contributed by atoms with van der Waals surface area (Å²) in [5.41, 5.74) is 1.03. The van der Waals surface area contributed by atoms with Crippen molar-refractivity contribution >= 4 is 6.03 Å². The number of hydrogen-bond donors (Lipinski definition) is 1. The third-order valence-electron chi connectivity index (χ3n) is 4.14. The van der Waals surface area contributed by atoms with E-state index < -0.39 is 0 Å². The van der Waals surface area contributed by atoms with E-state index in [1.165, 1.54) is 0 Å². The van der Waals surface area contributed by atoms with Gasteiger partial charge in [-0.25, -0.2) is 4.79 Å². The molecule has 0 unspecified atom stereocenters. The molecule has 0 spiro atoms. The van der Waals surface area contributed by atoms with E-state index in [1.54, 1.807) is 11.1 Å². The minimum Gasteiger partial charge on any atom is -0.381 e. The summed E-state index contributed by atoms with van der Waals surface area (Å²) >= 11 is 0. The molecule has 2 amide bonds. The number of nitrogens with zero attached hydrogens (tertiary/aromatic N) is 3. The fraction of sp³-hybridized carbons (Fsp3) is 0.733. The van der Waals surface area contributed by atoms with Crippen molar-refractivity contribution < 1.29 is 9.53 Å². The molecule has 2 rings (SSSR count). The molecular weight excluding hydrogens is 268 g/mol. The Hall–Kier alpha value is -1.56. The van der Waals surface area contributed by atoms with Crippen LogP contribution in [0.15, 0.2) is 12.3 Å². The van der Waals surface area contributed by atoms with Crippen molar-refractivity contribution in [2.75, 3.05) is 26.8 Å². The van der Waals surface area contributed by atoms with Crippen LogP contribution in [-0.2, 0) is 11.8 Å². The number of carbonyl (C=O) groups is 1. The Morgan fingerprint density at radius 1 is 1.57 bits per heavy atom. The SMILES string of the molecule is CC[C@@H](NC(=O)N(C)CC1CCOCC1)c1ccnn1C. The highest BCUT2D eigenvalue weighted by Gasteiger charge is 2.21. The lowest BCUT2D eigenvalue weighted by Gasteiger charge is -2.28. The molecule has 1 saturated heterocycles. The number of rotatable bonds is 5. The maximum absolute atomic E-state index is 12.3. The maximum atomic E-state index is 12.3. The summed E-state index contributed by atoms with van der Waals surface area (Å²) in [5.74, 6) is 0.547. The molecule has 1 aromatic rings. The fourth-order valence-corrected chi connectivity index (χ4v) is 2.77. The monoisotopic (exact) mass is 294 g/mol. The average Bonchev–Trinajstić information content (AvgIpc) is 2.91. The number of nitrogens with one attached hydrogen (secondary N) is 1. The zero-order chi connectivity index (χ0) is 15.2. The van der Waals surface area contributed by atoms with Crippen LogP contribution in [0.2, 0.25) is 0 Å². The van der Waals surface area contributed by atoms with Crippen LogP contribution in [0.4, 0.5) is 4.79 Å². The number of ether oxygens (including phenoxy) is 1. The molecule has 1 aliphatic heterocycles. The lowest BCUT2D eigenvalue weighted by Crippen LogP contribution is -2.42. The predicted octanol–water partition coefficient (Wildman–Crippen LogP) is 1.94. The summed E-state index contributed by atoms with van der Waals surface area (Å²) in [5, 5.41) is 7.26. The molecule has 2 heterocycles. The summed E-state index contributed by atoms with van der Waals surface area (Å²) < 4.78 is 7.17. The topological polar surface area (TPSA) is 59.4 Å². The van der Waals surface area contributed by atoms with Crippen LogP contribution in [0.1, 0.15) is 37.9 Å². The van der Waals surface area contributed by atoms with Crippen LogP contribution >= 0.6 is 0 Å². The first kappa shape index (κ1) is 15.8. The molecule has 1 N–H and O–H groups in total. The highest BCUT2D eigenvalue weighted by atomic mass is 16.5. The number of hydrogen-bond acceptors (Lipinski definition) is 3. The number of amides is 2. The molecule has 0 radical (unpaired) electrons. The summed E-state index contributed by atoms with van der Waals surface area (Å²) in [6.45, 7) is 4.48. The van der Waals surface area contributed by atoms with Gasteiger partial charge in [-0.1, -0.05) is 6.92 Å². The van der Waals surface area contributed by atoms with E-state index in [9.17, 15) is 4.79 Å². The van der Waals surface area contributed by atoms with Crippen LogP contribution < -0.4 is 5.32 Å². The molecule has 6 nitrogen and oxygen atoms in total. The lowest BCUT2D eigenvalue weighted by atomic mass is 10.00. The zero-order valence-electron chi connectivity index (χ0n) is 13.2. The number of aryl methyl sites for hydroxylation is 1. The van der Waals surface area contributed by atoms with Crippen LogP contribution in [0, 0.1) is 5.92 Å². The highest BCUT2D eigenvalue weighted by molar-refractivity contribution is 5.74. The van der Waals surface area contributed by atoms with Gasteiger partial charge in [0.2, 0.25) is 0 Å². The van der Waals surface area contributed by atoms with Gasteiger partial charge in [0.15, 0.2) is 0 Å². The van der Waals surface area contributed by atoms with Crippen molar-refractivity contribution in [2.45, 2.75) is 32.2 Å². The fourth-order valence-electron chi connectivity index (χ4n) is 2.77. The van der Waals surface area contributed by atoms with Gasteiger partial charge in [-0.15, -0.1) is 0 Å². The van der Waals surface area contributed by atoms with Crippen LogP contribution in [0.3, 0.4) is 0 Å². The summed E-state index contributed by atoms with van der Waals surface area (Å²) in [4.78, 5) is 14.1. The largest absolute Gasteiger partial charge is 0.381 e. The molecule has 21 heavy (non-hydrogen) atoms. The Bertz CT molecular complexity index is 454. The second kappa shape index (κ2) is 7.45. The van der Waals surface area contributed by atoms with E-state index in [0.717, 1.165) is 44.7 Å². The predicted molar refractivity (Wildman–Crippen MR) is 80.9 cm³/mol. The average molecular weight is 294 g/mol. The first-order valence-corrected chi connectivity index (χ1v) is 7.69. The number of carbonyl (C=O) groups excluding carboxylic acids is 1. The second-order valence-electron chi connectivity index (χ2n) is 5.73. The van der Waals surface area contributed by atoms with E-state index in [-0.39, 0.29) is 12.1 Å². The van der Waals surface area contributed by atoms with E-state index in [1.807, 2.05) is 24.8 Å². The Labute approximate surface area is 126 Å². The summed E-state index contributed by atoms with van der Waals surface area (Å²) in [6, 6.07) is 1.93. The molecule has 0 aromatic carbocycles.